The second kappa shape index (κ2) is 6.51. The van der Waals surface area contributed by atoms with Gasteiger partial charge in [0.1, 0.15) is 0 Å². The van der Waals surface area contributed by atoms with Crippen LogP contribution in [0.25, 0.3) is 0 Å². The van der Waals surface area contributed by atoms with Gasteiger partial charge in [-0.05, 0) is 12.0 Å². The van der Waals surface area contributed by atoms with Crippen molar-refractivity contribution >= 4 is 0 Å². The fourth-order valence-electron chi connectivity index (χ4n) is 2.71. The summed E-state index contributed by atoms with van der Waals surface area (Å²) in [7, 11) is 0. The van der Waals surface area contributed by atoms with Crippen LogP contribution in [0.4, 0.5) is 0 Å². The van der Waals surface area contributed by atoms with Gasteiger partial charge in [0.15, 0.2) is 0 Å². The highest BCUT2D eigenvalue weighted by molar-refractivity contribution is 5.19. The Morgan fingerprint density at radius 2 is 1.95 bits per heavy atom. The Balaban J connectivity index is 2.00. The summed E-state index contributed by atoms with van der Waals surface area (Å²) in [5.41, 5.74) is 0.838. The van der Waals surface area contributed by atoms with Crippen molar-refractivity contribution in [2.75, 3.05) is 32.8 Å². The maximum atomic E-state index is 10.6. The van der Waals surface area contributed by atoms with Gasteiger partial charge in [0, 0.05) is 31.7 Å². The highest BCUT2D eigenvalue weighted by Gasteiger charge is 2.31. The van der Waals surface area contributed by atoms with Crippen molar-refractivity contribution in [2.45, 2.75) is 26.4 Å². The minimum atomic E-state index is -0.433. The first-order valence-corrected chi connectivity index (χ1v) is 7.13. The number of aliphatic hydroxyl groups is 1. The smallest absolute Gasteiger partial charge is 0.0853 e. The normalized spacial score (nSPS) is 19.9. The summed E-state index contributed by atoms with van der Waals surface area (Å²) in [5.74, 6) is 0. The lowest BCUT2D eigenvalue weighted by molar-refractivity contribution is 0.0195. The van der Waals surface area contributed by atoms with Gasteiger partial charge >= 0.3 is 0 Å². The topological polar surface area (TPSA) is 32.7 Å². The summed E-state index contributed by atoms with van der Waals surface area (Å²) in [6.07, 6.45) is 0.648. The molecule has 0 aliphatic carbocycles. The summed E-state index contributed by atoms with van der Waals surface area (Å²) in [6.45, 7) is 8.85. The Morgan fingerprint density at radius 3 is 2.68 bits per heavy atom. The van der Waals surface area contributed by atoms with Crippen LogP contribution in [0.2, 0.25) is 0 Å². The molecular weight excluding hydrogens is 238 g/mol. The molecule has 0 aromatic heterocycles. The first-order valence-electron chi connectivity index (χ1n) is 7.13. The van der Waals surface area contributed by atoms with Gasteiger partial charge < -0.3 is 14.7 Å². The summed E-state index contributed by atoms with van der Waals surface area (Å²) in [6, 6.07) is 9.94. The minimum absolute atomic E-state index is 0.161. The molecule has 1 aliphatic heterocycles. The van der Waals surface area contributed by atoms with E-state index in [1.54, 1.807) is 0 Å². The molecule has 1 N–H and O–H groups in total. The van der Waals surface area contributed by atoms with E-state index in [9.17, 15) is 5.11 Å². The molecule has 0 radical (unpaired) electrons. The van der Waals surface area contributed by atoms with Crippen LogP contribution >= 0.6 is 0 Å². The predicted molar refractivity (Wildman–Crippen MR) is 77.1 cm³/mol. The molecule has 0 spiro atoms. The van der Waals surface area contributed by atoms with Crippen molar-refractivity contribution in [2.24, 2.45) is 5.41 Å². The lowest BCUT2D eigenvalue weighted by atomic mass is 9.82. The average molecular weight is 263 g/mol. The molecule has 1 fully saturated rings. The van der Waals surface area contributed by atoms with Crippen LogP contribution in [-0.4, -0.2) is 42.9 Å². The highest BCUT2D eigenvalue weighted by Crippen LogP contribution is 2.34. The molecule has 1 aliphatic rings. The minimum Gasteiger partial charge on any atom is -0.388 e. The average Bonchev–Trinajstić information content (AvgIpc) is 2.67. The number of aliphatic hydroxyl groups excluding tert-OH is 1. The molecular formula is C16H25NO2. The second-order valence-electron chi connectivity index (χ2n) is 6.04. The van der Waals surface area contributed by atoms with E-state index in [0.29, 0.717) is 0 Å². The van der Waals surface area contributed by atoms with Crippen LogP contribution < -0.4 is 0 Å². The lowest BCUT2D eigenvalue weighted by Crippen LogP contribution is -2.39. The molecule has 106 valence electrons. The number of rotatable bonds is 4. The van der Waals surface area contributed by atoms with Crippen LogP contribution in [0, 0.1) is 5.41 Å². The SMILES string of the molecule is CC(C)(CN1CCCOCC1)C(O)c1ccccc1. The standard InChI is InChI=1S/C16H25NO2/c1-16(2,13-17-9-6-11-19-12-10-17)15(18)14-7-4-3-5-8-14/h3-5,7-8,15,18H,6,9-13H2,1-2H3. The van der Waals surface area contributed by atoms with Crippen LogP contribution in [0.15, 0.2) is 30.3 Å². The Morgan fingerprint density at radius 1 is 1.21 bits per heavy atom. The zero-order valence-corrected chi connectivity index (χ0v) is 12.0. The molecule has 1 aromatic rings. The number of benzene rings is 1. The summed E-state index contributed by atoms with van der Waals surface area (Å²) in [4.78, 5) is 2.40. The van der Waals surface area contributed by atoms with E-state index in [1.807, 2.05) is 30.3 Å². The van der Waals surface area contributed by atoms with Crippen LogP contribution in [0.5, 0.6) is 0 Å². The van der Waals surface area contributed by atoms with Crippen molar-refractivity contribution in [1.29, 1.82) is 0 Å². The first kappa shape index (κ1) is 14.5. The maximum Gasteiger partial charge on any atom is 0.0853 e. The molecule has 1 heterocycles. The van der Waals surface area contributed by atoms with E-state index in [2.05, 4.69) is 18.7 Å². The Kier molecular flexibility index (Phi) is 4.97. The highest BCUT2D eigenvalue weighted by atomic mass is 16.5. The van der Waals surface area contributed by atoms with Crippen molar-refractivity contribution in [3.8, 4) is 0 Å². The quantitative estimate of drug-likeness (QED) is 0.906. The van der Waals surface area contributed by atoms with Gasteiger partial charge in [-0.15, -0.1) is 0 Å². The number of ether oxygens (including phenoxy) is 1. The van der Waals surface area contributed by atoms with Crippen LogP contribution in [0.1, 0.15) is 31.9 Å². The predicted octanol–water partition coefficient (Wildman–Crippen LogP) is 2.47. The van der Waals surface area contributed by atoms with E-state index in [-0.39, 0.29) is 5.41 Å². The first-order chi connectivity index (χ1) is 9.09. The van der Waals surface area contributed by atoms with Gasteiger partial charge in [0.25, 0.3) is 0 Å². The van der Waals surface area contributed by atoms with E-state index in [4.69, 9.17) is 4.74 Å². The van der Waals surface area contributed by atoms with Gasteiger partial charge in [-0.1, -0.05) is 44.2 Å². The second-order valence-corrected chi connectivity index (χ2v) is 6.04. The van der Waals surface area contributed by atoms with Gasteiger partial charge in [0.2, 0.25) is 0 Å². The van der Waals surface area contributed by atoms with E-state index >= 15 is 0 Å². The molecule has 1 aromatic carbocycles. The van der Waals surface area contributed by atoms with Crippen molar-refractivity contribution in [1.82, 2.24) is 4.90 Å². The Hall–Kier alpha value is -0.900. The summed E-state index contributed by atoms with van der Waals surface area (Å²) >= 11 is 0. The molecule has 0 saturated carbocycles. The van der Waals surface area contributed by atoms with Gasteiger partial charge in [-0.3, -0.25) is 0 Å². The zero-order chi connectivity index (χ0) is 13.7. The summed E-state index contributed by atoms with van der Waals surface area (Å²) < 4.78 is 5.48. The Bertz CT molecular complexity index is 370. The van der Waals surface area contributed by atoms with Crippen LogP contribution in [0.3, 0.4) is 0 Å². The Labute approximate surface area is 116 Å². The van der Waals surface area contributed by atoms with E-state index < -0.39 is 6.10 Å². The molecule has 1 atom stereocenters. The fraction of sp³-hybridized carbons (Fsp3) is 0.625. The maximum absolute atomic E-state index is 10.6. The lowest BCUT2D eigenvalue weighted by Gasteiger charge is -2.35. The molecule has 1 unspecified atom stereocenters. The van der Waals surface area contributed by atoms with Crippen molar-refractivity contribution in [3.63, 3.8) is 0 Å². The molecule has 1 saturated heterocycles. The third kappa shape index (κ3) is 4.03. The zero-order valence-electron chi connectivity index (χ0n) is 12.0. The monoisotopic (exact) mass is 263 g/mol. The van der Waals surface area contributed by atoms with Crippen molar-refractivity contribution in [3.05, 3.63) is 35.9 Å². The molecule has 3 heteroatoms. The number of hydrogen-bond donors (Lipinski definition) is 1. The number of hydrogen-bond acceptors (Lipinski definition) is 3. The van der Waals surface area contributed by atoms with Crippen molar-refractivity contribution < 1.29 is 9.84 Å². The molecule has 19 heavy (non-hydrogen) atoms. The largest absolute Gasteiger partial charge is 0.388 e. The van der Waals surface area contributed by atoms with E-state index in [1.165, 1.54) is 0 Å². The third-order valence-electron chi connectivity index (χ3n) is 3.80. The number of nitrogens with zero attached hydrogens (tertiary/aromatic N) is 1. The molecule has 0 amide bonds. The van der Waals surface area contributed by atoms with Gasteiger partial charge in [-0.25, -0.2) is 0 Å². The third-order valence-corrected chi connectivity index (χ3v) is 3.80. The van der Waals surface area contributed by atoms with Gasteiger partial charge in [-0.2, -0.15) is 0 Å². The van der Waals surface area contributed by atoms with Gasteiger partial charge in [0.05, 0.1) is 12.7 Å². The van der Waals surface area contributed by atoms with Crippen LogP contribution in [-0.2, 0) is 4.74 Å². The molecule has 3 nitrogen and oxygen atoms in total. The summed E-state index contributed by atoms with van der Waals surface area (Å²) in [5, 5.41) is 10.6. The molecule has 0 bridgehead atoms. The fourth-order valence-corrected chi connectivity index (χ4v) is 2.71. The van der Waals surface area contributed by atoms with E-state index in [0.717, 1.165) is 44.8 Å². The molecule has 2 rings (SSSR count).